The fourth-order valence-corrected chi connectivity index (χ4v) is 3.40. The predicted octanol–water partition coefficient (Wildman–Crippen LogP) is 2.62. The van der Waals surface area contributed by atoms with Gasteiger partial charge in [-0.05, 0) is 31.9 Å². The summed E-state index contributed by atoms with van der Waals surface area (Å²) in [5.74, 6) is 0.806. The van der Waals surface area contributed by atoms with Crippen LogP contribution in [0.4, 0.5) is 13.2 Å². The highest BCUT2D eigenvalue weighted by molar-refractivity contribution is 5.49. The van der Waals surface area contributed by atoms with E-state index in [4.69, 9.17) is 9.15 Å². The van der Waals surface area contributed by atoms with Crippen LogP contribution in [0.2, 0.25) is 0 Å². The summed E-state index contributed by atoms with van der Waals surface area (Å²) >= 11 is 0. The summed E-state index contributed by atoms with van der Waals surface area (Å²) < 4.78 is 48.3. The molecule has 1 aliphatic rings. The van der Waals surface area contributed by atoms with Gasteiger partial charge in [0.1, 0.15) is 11.4 Å². The zero-order valence-corrected chi connectivity index (χ0v) is 14.1. The van der Waals surface area contributed by atoms with Crippen LogP contribution in [0, 0.1) is 0 Å². The lowest BCUT2D eigenvalue weighted by Gasteiger charge is -2.50. The van der Waals surface area contributed by atoms with Gasteiger partial charge in [-0.15, -0.1) is 10.2 Å². The lowest BCUT2D eigenvalue weighted by molar-refractivity contribution is -0.141. The van der Waals surface area contributed by atoms with E-state index in [1.807, 2.05) is 13.8 Å². The number of ether oxygens (including phenoxy) is 1. The number of amides is 1. The number of aromatic nitrogens is 3. The van der Waals surface area contributed by atoms with Crippen LogP contribution in [-0.2, 0) is 23.0 Å². The molecular weight excluding hydrogens is 353 g/mol. The van der Waals surface area contributed by atoms with Gasteiger partial charge in [0.15, 0.2) is 6.61 Å². The molecule has 3 rings (SSSR count). The second-order valence-electron chi connectivity index (χ2n) is 6.90. The van der Waals surface area contributed by atoms with Crippen LogP contribution >= 0.6 is 0 Å². The van der Waals surface area contributed by atoms with Gasteiger partial charge in [0.05, 0.1) is 11.6 Å². The molecule has 0 spiro atoms. The van der Waals surface area contributed by atoms with Crippen molar-refractivity contribution in [2.45, 2.75) is 50.4 Å². The van der Waals surface area contributed by atoms with Gasteiger partial charge in [0.25, 0.3) is 5.89 Å². The number of nitrogens with zero attached hydrogens (tertiary/aromatic N) is 3. The van der Waals surface area contributed by atoms with Crippen molar-refractivity contribution in [2.75, 3.05) is 0 Å². The molecule has 1 aliphatic carbocycles. The SMILES string of the molecule is CC1(NC=O)CC(C)(c2nnc(COc3ccc(C(F)(F)F)nc3)o2)C1. The number of carbonyl (C=O) groups is 1. The summed E-state index contributed by atoms with van der Waals surface area (Å²) in [7, 11) is 0. The van der Waals surface area contributed by atoms with Crippen LogP contribution in [0.25, 0.3) is 0 Å². The first-order chi connectivity index (χ1) is 12.1. The van der Waals surface area contributed by atoms with Crippen molar-refractivity contribution in [3.05, 3.63) is 35.8 Å². The first kappa shape index (κ1) is 18.2. The Bertz CT molecular complexity index is 783. The number of rotatable bonds is 6. The molecule has 10 heteroatoms. The van der Waals surface area contributed by atoms with E-state index in [0.29, 0.717) is 25.1 Å². The maximum atomic E-state index is 12.5. The number of halogens is 3. The maximum Gasteiger partial charge on any atom is 0.433 e. The summed E-state index contributed by atoms with van der Waals surface area (Å²) in [5, 5.41) is 10.7. The second-order valence-corrected chi connectivity index (χ2v) is 6.90. The van der Waals surface area contributed by atoms with E-state index in [1.165, 1.54) is 6.07 Å². The molecule has 26 heavy (non-hydrogen) atoms. The standard InChI is InChI=1S/C16H17F3N4O3/c1-14(7-15(2,8-14)21-9-24)13-23-22-12(26-13)6-25-10-3-4-11(20-5-10)16(17,18)19/h3-5,9H,6-8H2,1-2H3,(H,21,24). The predicted molar refractivity (Wildman–Crippen MR) is 82.1 cm³/mol. The van der Waals surface area contributed by atoms with Crippen LogP contribution in [-0.4, -0.2) is 27.1 Å². The van der Waals surface area contributed by atoms with Crippen LogP contribution in [0.1, 0.15) is 44.2 Å². The molecule has 1 saturated carbocycles. The van der Waals surface area contributed by atoms with Crippen molar-refractivity contribution in [1.29, 1.82) is 0 Å². The molecule has 0 bridgehead atoms. The van der Waals surface area contributed by atoms with Crippen molar-refractivity contribution in [2.24, 2.45) is 0 Å². The summed E-state index contributed by atoms with van der Waals surface area (Å²) in [6.07, 6.45) is -1.52. The average Bonchev–Trinajstić information content (AvgIpc) is 3.01. The van der Waals surface area contributed by atoms with E-state index in [9.17, 15) is 18.0 Å². The van der Waals surface area contributed by atoms with Gasteiger partial charge in [-0.1, -0.05) is 6.92 Å². The number of carbonyl (C=O) groups excluding carboxylic acids is 1. The molecule has 2 aromatic rings. The van der Waals surface area contributed by atoms with Crippen LogP contribution in [0.3, 0.4) is 0 Å². The van der Waals surface area contributed by atoms with Gasteiger partial charge in [0.2, 0.25) is 12.3 Å². The molecule has 0 radical (unpaired) electrons. The van der Waals surface area contributed by atoms with Gasteiger partial charge >= 0.3 is 6.18 Å². The minimum absolute atomic E-state index is 0.0834. The van der Waals surface area contributed by atoms with Gasteiger partial charge in [0, 0.05) is 5.54 Å². The van der Waals surface area contributed by atoms with E-state index in [0.717, 1.165) is 12.3 Å². The van der Waals surface area contributed by atoms with Gasteiger partial charge < -0.3 is 14.5 Å². The highest BCUT2D eigenvalue weighted by Gasteiger charge is 2.53. The monoisotopic (exact) mass is 370 g/mol. The molecule has 2 heterocycles. The van der Waals surface area contributed by atoms with Crippen molar-refractivity contribution >= 4 is 6.41 Å². The zero-order chi connectivity index (χ0) is 19.0. The quantitative estimate of drug-likeness (QED) is 0.786. The van der Waals surface area contributed by atoms with Gasteiger partial charge in [-0.2, -0.15) is 13.2 Å². The van der Waals surface area contributed by atoms with E-state index >= 15 is 0 Å². The Hall–Kier alpha value is -2.65. The number of nitrogens with one attached hydrogen (secondary N) is 1. The van der Waals surface area contributed by atoms with Crippen LogP contribution in [0.5, 0.6) is 5.75 Å². The van der Waals surface area contributed by atoms with Crippen LogP contribution < -0.4 is 10.1 Å². The maximum absolute atomic E-state index is 12.5. The smallest absolute Gasteiger partial charge is 0.433 e. The Kier molecular flexibility index (Phi) is 4.37. The zero-order valence-electron chi connectivity index (χ0n) is 14.1. The number of hydrogen-bond donors (Lipinski definition) is 1. The molecule has 0 unspecified atom stereocenters. The summed E-state index contributed by atoms with van der Waals surface area (Å²) in [4.78, 5) is 13.9. The van der Waals surface area contributed by atoms with Crippen LogP contribution in [0.15, 0.2) is 22.7 Å². The van der Waals surface area contributed by atoms with E-state index in [2.05, 4.69) is 20.5 Å². The number of hydrogen-bond acceptors (Lipinski definition) is 6. The molecule has 1 N–H and O–H groups in total. The van der Waals surface area contributed by atoms with Gasteiger partial charge in [-0.3, -0.25) is 4.79 Å². The van der Waals surface area contributed by atoms with Crippen molar-refractivity contribution < 1.29 is 27.1 Å². The fraction of sp³-hybridized carbons (Fsp3) is 0.500. The molecule has 7 nitrogen and oxygen atoms in total. The van der Waals surface area contributed by atoms with Crippen molar-refractivity contribution in [3.8, 4) is 5.75 Å². The third-order valence-corrected chi connectivity index (χ3v) is 4.34. The molecule has 0 saturated heterocycles. The molecule has 0 aromatic carbocycles. The normalized spacial score (nSPS) is 25.4. The summed E-state index contributed by atoms with van der Waals surface area (Å²) in [5.41, 5.74) is -1.63. The molecule has 1 fully saturated rings. The molecule has 140 valence electrons. The molecule has 1 amide bonds. The lowest BCUT2D eigenvalue weighted by Crippen LogP contribution is -2.59. The van der Waals surface area contributed by atoms with E-state index in [-0.39, 0.29) is 29.2 Å². The second kappa shape index (κ2) is 6.26. The van der Waals surface area contributed by atoms with Crippen molar-refractivity contribution in [1.82, 2.24) is 20.5 Å². The third-order valence-electron chi connectivity index (χ3n) is 4.34. The first-order valence-electron chi connectivity index (χ1n) is 7.84. The highest BCUT2D eigenvalue weighted by Crippen LogP contribution is 2.49. The number of alkyl halides is 3. The minimum atomic E-state index is -4.49. The fourth-order valence-electron chi connectivity index (χ4n) is 3.40. The average molecular weight is 370 g/mol. The molecule has 0 aliphatic heterocycles. The highest BCUT2D eigenvalue weighted by atomic mass is 19.4. The lowest BCUT2D eigenvalue weighted by atomic mass is 9.59. The molecule has 2 aromatic heterocycles. The van der Waals surface area contributed by atoms with E-state index < -0.39 is 11.9 Å². The Balaban J connectivity index is 1.59. The van der Waals surface area contributed by atoms with Gasteiger partial charge in [-0.25, -0.2) is 4.98 Å². The topological polar surface area (TPSA) is 90.1 Å². The van der Waals surface area contributed by atoms with E-state index in [1.54, 1.807) is 0 Å². The number of pyridine rings is 1. The molecular formula is C16H17F3N4O3. The van der Waals surface area contributed by atoms with Crippen molar-refractivity contribution in [3.63, 3.8) is 0 Å². The Morgan fingerprint density at radius 1 is 1.31 bits per heavy atom. The first-order valence-corrected chi connectivity index (χ1v) is 7.84. The largest absolute Gasteiger partial charge is 0.482 e. The Morgan fingerprint density at radius 2 is 2.04 bits per heavy atom. The summed E-state index contributed by atoms with van der Waals surface area (Å²) in [6.45, 7) is 3.81. The molecule has 0 atom stereocenters. The Morgan fingerprint density at radius 3 is 2.62 bits per heavy atom. The Labute approximate surface area is 147 Å². The minimum Gasteiger partial charge on any atom is -0.482 e. The summed E-state index contributed by atoms with van der Waals surface area (Å²) in [6, 6.07) is 2.02. The third kappa shape index (κ3) is 3.63.